The van der Waals surface area contributed by atoms with Crippen LogP contribution in [0.1, 0.15) is 25.7 Å². The lowest BCUT2D eigenvalue weighted by molar-refractivity contribution is 0.457. The number of anilines is 1. The number of benzene rings is 1. The predicted molar refractivity (Wildman–Crippen MR) is 61.6 cm³/mol. The van der Waals surface area contributed by atoms with Crippen LogP contribution < -0.4 is 4.90 Å². The van der Waals surface area contributed by atoms with E-state index in [0.29, 0.717) is 12.1 Å². The van der Waals surface area contributed by atoms with Gasteiger partial charge in [-0.15, -0.1) is 0 Å². The highest BCUT2D eigenvalue weighted by Crippen LogP contribution is 2.28. The Kier molecular flexibility index (Phi) is 3.40. The molecule has 16 heavy (non-hydrogen) atoms. The highest BCUT2D eigenvalue weighted by atomic mass is 19.1. The summed E-state index contributed by atoms with van der Waals surface area (Å²) >= 11 is 0. The van der Waals surface area contributed by atoms with Gasteiger partial charge in [0.25, 0.3) is 0 Å². The second-order valence-corrected chi connectivity index (χ2v) is 4.16. The summed E-state index contributed by atoms with van der Waals surface area (Å²) in [6.07, 6.45) is 3.68. The molecule has 1 unspecified atom stereocenters. The van der Waals surface area contributed by atoms with Crippen molar-refractivity contribution < 1.29 is 4.39 Å². The highest BCUT2D eigenvalue weighted by molar-refractivity contribution is 5.49. The van der Waals surface area contributed by atoms with Crippen molar-refractivity contribution in [1.82, 2.24) is 0 Å². The third-order valence-electron chi connectivity index (χ3n) is 3.12. The Labute approximate surface area is 95.3 Å². The highest BCUT2D eigenvalue weighted by Gasteiger charge is 2.23. The Morgan fingerprint density at radius 2 is 2.19 bits per heavy atom. The van der Waals surface area contributed by atoms with Gasteiger partial charge in [0.05, 0.1) is 18.2 Å². The largest absolute Gasteiger partial charge is 0.365 e. The number of nitrogens with zero attached hydrogens (tertiary/aromatic N) is 2. The van der Waals surface area contributed by atoms with Crippen LogP contribution in [0, 0.1) is 17.1 Å². The number of para-hydroxylation sites is 1. The van der Waals surface area contributed by atoms with Gasteiger partial charge in [0, 0.05) is 12.6 Å². The second-order valence-electron chi connectivity index (χ2n) is 4.16. The number of hydrogen-bond acceptors (Lipinski definition) is 2. The molecule has 0 spiro atoms. The van der Waals surface area contributed by atoms with E-state index >= 15 is 0 Å². The van der Waals surface area contributed by atoms with E-state index in [-0.39, 0.29) is 11.9 Å². The van der Waals surface area contributed by atoms with Gasteiger partial charge in [0.2, 0.25) is 0 Å². The SMILES string of the molecule is N#CCC1CCCCN1c1ccccc1F. The number of hydrogen-bond donors (Lipinski definition) is 0. The molecule has 1 aliphatic heterocycles. The average molecular weight is 218 g/mol. The van der Waals surface area contributed by atoms with Gasteiger partial charge in [-0.3, -0.25) is 0 Å². The van der Waals surface area contributed by atoms with E-state index < -0.39 is 0 Å². The summed E-state index contributed by atoms with van der Waals surface area (Å²) < 4.78 is 13.7. The number of nitriles is 1. The van der Waals surface area contributed by atoms with Gasteiger partial charge in [-0.2, -0.15) is 5.26 Å². The molecule has 1 aromatic rings. The van der Waals surface area contributed by atoms with Crippen LogP contribution in [-0.4, -0.2) is 12.6 Å². The lowest BCUT2D eigenvalue weighted by atomic mass is 9.99. The third kappa shape index (κ3) is 2.16. The third-order valence-corrected chi connectivity index (χ3v) is 3.12. The zero-order valence-corrected chi connectivity index (χ0v) is 9.19. The summed E-state index contributed by atoms with van der Waals surface area (Å²) in [5, 5.41) is 8.78. The molecule has 0 bridgehead atoms. The molecule has 1 heterocycles. The average Bonchev–Trinajstić information content (AvgIpc) is 2.31. The molecule has 2 nitrogen and oxygen atoms in total. The molecule has 1 aliphatic rings. The Morgan fingerprint density at radius 1 is 1.38 bits per heavy atom. The number of halogens is 1. The first-order valence-corrected chi connectivity index (χ1v) is 5.71. The van der Waals surface area contributed by atoms with Crippen LogP contribution in [0.3, 0.4) is 0 Å². The fraction of sp³-hybridized carbons (Fsp3) is 0.462. The molecule has 0 aromatic heterocycles. The molecule has 2 rings (SSSR count). The van der Waals surface area contributed by atoms with Gasteiger partial charge in [-0.1, -0.05) is 12.1 Å². The minimum absolute atomic E-state index is 0.177. The van der Waals surface area contributed by atoms with Crippen LogP contribution in [0.4, 0.5) is 10.1 Å². The van der Waals surface area contributed by atoms with Crippen LogP contribution >= 0.6 is 0 Å². The molecule has 0 N–H and O–H groups in total. The summed E-state index contributed by atoms with van der Waals surface area (Å²) in [6.45, 7) is 0.854. The summed E-state index contributed by atoms with van der Waals surface area (Å²) in [7, 11) is 0. The summed E-state index contributed by atoms with van der Waals surface area (Å²) in [6, 6.07) is 9.19. The number of piperidine rings is 1. The van der Waals surface area contributed by atoms with Gasteiger partial charge < -0.3 is 4.90 Å². The maximum absolute atomic E-state index is 13.7. The van der Waals surface area contributed by atoms with Crippen LogP contribution in [0.25, 0.3) is 0 Å². The molecule has 1 atom stereocenters. The Balaban J connectivity index is 2.24. The second kappa shape index (κ2) is 4.98. The molecule has 0 aliphatic carbocycles. The van der Waals surface area contributed by atoms with Crippen molar-refractivity contribution in [3.05, 3.63) is 30.1 Å². The van der Waals surface area contributed by atoms with Crippen molar-refractivity contribution in [2.75, 3.05) is 11.4 Å². The Morgan fingerprint density at radius 3 is 2.94 bits per heavy atom. The van der Waals surface area contributed by atoms with Gasteiger partial charge in [-0.05, 0) is 31.4 Å². The molecule has 1 aromatic carbocycles. The normalized spacial score (nSPS) is 20.5. The van der Waals surface area contributed by atoms with E-state index in [1.54, 1.807) is 12.1 Å². The van der Waals surface area contributed by atoms with Crippen molar-refractivity contribution >= 4 is 5.69 Å². The molecule has 1 saturated heterocycles. The van der Waals surface area contributed by atoms with Crippen LogP contribution in [-0.2, 0) is 0 Å². The van der Waals surface area contributed by atoms with Gasteiger partial charge in [0.15, 0.2) is 0 Å². The monoisotopic (exact) mass is 218 g/mol. The molecule has 1 fully saturated rings. The minimum Gasteiger partial charge on any atom is -0.365 e. The quantitative estimate of drug-likeness (QED) is 0.762. The van der Waals surface area contributed by atoms with E-state index in [4.69, 9.17) is 5.26 Å². The molecule has 0 radical (unpaired) electrons. The van der Waals surface area contributed by atoms with Crippen LogP contribution in [0.2, 0.25) is 0 Å². The Hall–Kier alpha value is -1.56. The lowest BCUT2D eigenvalue weighted by Gasteiger charge is -2.36. The van der Waals surface area contributed by atoms with Gasteiger partial charge in [-0.25, -0.2) is 4.39 Å². The molecule has 0 amide bonds. The zero-order valence-electron chi connectivity index (χ0n) is 9.19. The van der Waals surface area contributed by atoms with Crippen molar-refractivity contribution in [3.8, 4) is 6.07 Å². The predicted octanol–water partition coefficient (Wildman–Crippen LogP) is 3.10. The van der Waals surface area contributed by atoms with Gasteiger partial charge in [0.1, 0.15) is 5.82 Å². The van der Waals surface area contributed by atoms with E-state index in [1.165, 1.54) is 6.07 Å². The first kappa shape index (κ1) is 10.9. The first-order valence-electron chi connectivity index (χ1n) is 5.71. The zero-order chi connectivity index (χ0) is 11.4. The smallest absolute Gasteiger partial charge is 0.146 e. The molecular formula is C13H15FN2. The molecular weight excluding hydrogens is 203 g/mol. The van der Waals surface area contributed by atoms with E-state index in [9.17, 15) is 4.39 Å². The fourth-order valence-electron chi connectivity index (χ4n) is 2.32. The lowest BCUT2D eigenvalue weighted by Crippen LogP contribution is -2.39. The van der Waals surface area contributed by atoms with Crippen molar-refractivity contribution in [2.24, 2.45) is 0 Å². The maximum atomic E-state index is 13.7. The first-order chi connectivity index (χ1) is 7.83. The Bertz CT molecular complexity index is 397. The van der Waals surface area contributed by atoms with E-state index in [2.05, 4.69) is 6.07 Å². The number of rotatable bonds is 2. The van der Waals surface area contributed by atoms with Crippen LogP contribution in [0.15, 0.2) is 24.3 Å². The molecule has 84 valence electrons. The topological polar surface area (TPSA) is 27.0 Å². The van der Waals surface area contributed by atoms with Crippen molar-refractivity contribution in [1.29, 1.82) is 5.26 Å². The van der Waals surface area contributed by atoms with Crippen LogP contribution in [0.5, 0.6) is 0 Å². The summed E-state index contributed by atoms with van der Waals surface area (Å²) in [4.78, 5) is 2.04. The summed E-state index contributed by atoms with van der Waals surface area (Å²) in [5.41, 5.74) is 0.641. The van der Waals surface area contributed by atoms with Crippen molar-refractivity contribution in [3.63, 3.8) is 0 Å². The standard InChI is InChI=1S/C13H15FN2/c14-12-6-1-2-7-13(12)16-10-4-3-5-11(16)8-9-15/h1-2,6-7,11H,3-5,8,10H2. The van der Waals surface area contributed by atoms with E-state index in [0.717, 1.165) is 25.8 Å². The summed E-state index contributed by atoms with van der Waals surface area (Å²) in [5.74, 6) is -0.188. The van der Waals surface area contributed by atoms with Crippen molar-refractivity contribution in [2.45, 2.75) is 31.7 Å². The minimum atomic E-state index is -0.188. The molecule has 3 heteroatoms. The van der Waals surface area contributed by atoms with Gasteiger partial charge >= 0.3 is 0 Å². The fourth-order valence-corrected chi connectivity index (χ4v) is 2.32. The van der Waals surface area contributed by atoms with E-state index in [1.807, 2.05) is 11.0 Å². The molecule has 0 saturated carbocycles. The maximum Gasteiger partial charge on any atom is 0.146 e.